The molecule has 0 aliphatic carbocycles. The molecule has 0 saturated carbocycles. The molecule has 21 heavy (non-hydrogen) atoms. The van der Waals surface area contributed by atoms with Crippen LogP contribution in [-0.4, -0.2) is 51.9 Å². The van der Waals surface area contributed by atoms with E-state index in [0.29, 0.717) is 12.3 Å². The number of aromatic amines is 1. The number of piperazine rings is 1. The normalized spacial score (nSPS) is 16.5. The zero-order valence-corrected chi connectivity index (χ0v) is 12.5. The smallest absolute Gasteiger partial charge is 0.222 e. The Morgan fingerprint density at radius 2 is 2.00 bits per heavy atom. The third-order valence-corrected chi connectivity index (χ3v) is 4.00. The summed E-state index contributed by atoms with van der Waals surface area (Å²) in [4.78, 5) is 24.2. The first-order chi connectivity index (χ1) is 10.3. The molecule has 1 N–H and O–H groups in total. The molecule has 5 heteroatoms. The van der Waals surface area contributed by atoms with Crippen LogP contribution < -0.4 is 0 Å². The topological polar surface area (TPSA) is 52.2 Å². The van der Waals surface area contributed by atoms with Crippen LogP contribution in [0.15, 0.2) is 24.3 Å². The molecular weight excluding hydrogens is 264 g/mol. The molecule has 0 radical (unpaired) electrons. The maximum Gasteiger partial charge on any atom is 0.222 e. The van der Waals surface area contributed by atoms with Crippen LogP contribution in [0.1, 0.15) is 25.6 Å². The van der Waals surface area contributed by atoms with Crippen molar-refractivity contribution < 1.29 is 4.79 Å². The fourth-order valence-corrected chi connectivity index (χ4v) is 2.82. The molecule has 0 spiro atoms. The summed E-state index contributed by atoms with van der Waals surface area (Å²) in [6, 6.07) is 8.09. The molecule has 3 rings (SSSR count). The van der Waals surface area contributed by atoms with Gasteiger partial charge in [-0.1, -0.05) is 19.1 Å². The zero-order valence-electron chi connectivity index (χ0n) is 12.5. The maximum absolute atomic E-state index is 11.9. The predicted molar refractivity (Wildman–Crippen MR) is 82.9 cm³/mol. The molecule has 1 aromatic carbocycles. The fourth-order valence-electron chi connectivity index (χ4n) is 2.82. The van der Waals surface area contributed by atoms with E-state index in [1.165, 1.54) is 0 Å². The lowest BCUT2D eigenvalue weighted by molar-refractivity contribution is -0.133. The van der Waals surface area contributed by atoms with Crippen molar-refractivity contribution in [2.45, 2.75) is 26.3 Å². The van der Waals surface area contributed by atoms with E-state index in [0.717, 1.165) is 56.0 Å². The van der Waals surface area contributed by atoms with Gasteiger partial charge in [0.2, 0.25) is 5.91 Å². The van der Waals surface area contributed by atoms with Crippen molar-refractivity contribution in [3.8, 4) is 0 Å². The lowest BCUT2D eigenvalue weighted by Crippen LogP contribution is -2.48. The molecule has 1 aliphatic rings. The predicted octanol–water partition coefficient (Wildman–Crippen LogP) is 2.01. The highest BCUT2D eigenvalue weighted by atomic mass is 16.2. The first kappa shape index (κ1) is 14.1. The SMILES string of the molecule is CCCC(=O)N1CCN(Cc2nc3ccccc3[nH]2)CC1. The van der Waals surface area contributed by atoms with Crippen LogP contribution in [0, 0.1) is 0 Å². The van der Waals surface area contributed by atoms with Crippen LogP contribution in [0.2, 0.25) is 0 Å². The number of nitrogens with one attached hydrogen (secondary N) is 1. The number of hydrogen-bond acceptors (Lipinski definition) is 3. The van der Waals surface area contributed by atoms with Crippen molar-refractivity contribution >= 4 is 16.9 Å². The molecule has 1 amide bonds. The average Bonchev–Trinajstić information content (AvgIpc) is 2.90. The number of hydrogen-bond donors (Lipinski definition) is 1. The summed E-state index contributed by atoms with van der Waals surface area (Å²) in [5, 5.41) is 0. The van der Waals surface area contributed by atoms with E-state index in [2.05, 4.69) is 21.8 Å². The Balaban J connectivity index is 1.56. The fraction of sp³-hybridized carbons (Fsp3) is 0.500. The van der Waals surface area contributed by atoms with Gasteiger partial charge in [0.15, 0.2) is 0 Å². The van der Waals surface area contributed by atoms with E-state index in [1.807, 2.05) is 29.2 Å². The van der Waals surface area contributed by atoms with Crippen LogP contribution in [0.3, 0.4) is 0 Å². The van der Waals surface area contributed by atoms with E-state index >= 15 is 0 Å². The summed E-state index contributed by atoms with van der Waals surface area (Å²) < 4.78 is 0. The molecule has 112 valence electrons. The highest BCUT2D eigenvalue weighted by Gasteiger charge is 2.21. The van der Waals surface area contributed by atoms with Crippen LogP contribution in [0.5, 0.6) is 0 Å². The molecule has 5 nitrogen and oxygen atoms in total. The number of H-pyrrole nitrogens is 1. The molecule has 0 unspecified atom stereocenters. The summed E-state index contributed by atoms with van der Waals surface area (Å²) >= 11 is 0. The van der Waals surface area contributed by atoms with E-state index in [9.17, 15) is 4.79 Å². The van der Waals surface area contributed by atoms with Crippen molar-refractivity contribution in [2.24, 2.45) is 0 Å². The molecule has 0 bridgehead atoms. The van der Waals surface area contributed by atoms with Crippen molar-refractivity contribution in [3.05, 3.63) is 30.1 Å². The highest BCUT2D eigenvalue weighted by molar-refractivity contribution is 5.76. The number of amides is 1. The van der Waals surface area contributed by atoms with Gasteiger partial charge in [-0.05, 0) is 18.6 Å². The van der Waals surface area contributed by atoms with Crippen molar-refractivity contribution in [3.63, 3.8) is 0 Å². The van der Waals surface area contributed by atoms with Gasteiger partial charge in [0.1, 0.15) is 5.82 Å². The summed E-state index contributed by atoms with van der Waals surface area (Å²) in [6.07, 6.45) is 1.60. The molecule has 2 aromatic rings. The van der Waals surface area contributed by atoms with Gasteiger partial charge in [0, 0.05) is 32.6 Å². The number of fused-ring (bicyclic) bond motifs is 1. The number of rotatable bonds is 4. The van der Waals surface area contributed by atoms with Crippen LogP contribution in [-0.2, 0) is 11.3 Å². The van der Waals surface area contributed by atoms with Crippen LogP contribution in [0.25, 0.3) is 11.0 Å². The largest absolute Gasteiger partial charge is 0.341 e. The number of benzene rings is 1. The van der Waals surface area contributed by atoms with Gasteiger partial charge in [-0.15, -0.1) is 0 Å². The third-order valence-electron chi connectivity index (χ3n) is 4.00. The second-order valence-electron chi connectivity index (χ2n) is 5.61. The standard InChI is InChI=1S/C16H22N4O/c1-2-5-16(21)20-10-8-19(9-11-20)12-15-17-13-6-3-4-7-14(13)18-15/h3-4,6-7H,2,5,8-12H2,1H3,(H,17,18). The van der Waals surface area contributed by atoms with Crippen molar-refractivity contribution in [2.75, 3.05) is 26.2 Å². The zero-order chi connectivity index (χ0) is 14.7. The van der Waals surface area contributed by atoms with Crippen LogP contribution in [0.4, 0.5) is 0 Å². The molecule has 1 fully saturated rings. The van der Waals surface area contributed by atoms with Crippen molar-refractivity contribution in [1.82, 2.24) is 19.8 Å². The molecule has 1 aliphatic heterocycles. The Morgan fingerprint density at radius 1 is 1.24 bits per heavy atom. The van der Waals surface area contributed by atoms with E-state index < -0.39 is 0 Å². The molecule has 2 heterocycles. The molecule has 1 aromatic heterocycles. The average molecular weight is 286 g/mol. The number of imidazole rings is 1. The maximum atomic E-state index is 11.9. The summed E-state index contributed by atoms with van der Waals surface area (Å²) in [6.45, 7) is 6.39. The first-order valence-electron chi connectivity index (χ1n) is 7.70. The molecule has 1 saturated heterocycles. The molecule has 0 atom stereocenters. The van der Waals surface area contributed by atoms with Gasteiger partial charge in [0.25, 0.3) is 0 Å². The molecular formula is C16H22N4O. The van der Waals surface area contributed by atoms with Crippen LogP contribution >= 0.6 is 0 Å². The minimum atomic E-state index is 0.292. The van der Waals surface area contributed by atoms with E-state index in [-0.39, 0.29) is 0 Å². The van der Waals surface area contributed by atoms with E-state index in [4.69, 9.17) is 0 Å². The lowest BCUT2D eigenvalue weighted by atomic mass is 10.2. The number of aromatic nitrogens is 2. The summed E-state index contributed by atoms with van der Waals surface area (Å²) in [5.74, 6) is 1.30. The number of carbonyl (C=O) groups excluding carboxylic acids is 1. The van der Waals surface area contributed by atoms with Gasteiger partial charge in [-0.2, -0.15) is 0 Å². The Kier molecular flexibility index (Phi) is 4.20. The Bertz CT molecular complexity index is 581. The summed E-state index contributed by atoms with van der Waals surface area (Å²) in [5.41, 5.74) is 2.11. The van der Waals surface area contributed by atoms with Gasteiger partial charge >= 0.3 is 0 Å². The Hall–Kier alpha value is -1.88. The minimum Gasteiger partial charge on any atom is -0.341 e. The van der Waals surface area contributed by atoms with Gasteiger partial charge in [0.05, 0.1) is 17.6 Å². The monoisotopic (exact) mass is 286 g/mol. The van der Waals surface area contributed by atoms with Gasteiger partial charge in [-0.3, -0.25) is 9.69 Å². The number of para-hydroxylation sites is 2. The van der Waals surface area contributed by atoms with E-state index in [1.54, 1.807) is 0 Å². The highest BCUT2D eigenvalue weighted by Crippen LogP contribution is 2.13. The van der Waals surface area contributed by atoms with Gasteiger partial charge < -0.3 is 9.88 Å². The third kappa shape index (κ3) is 3.24. The second kappa shape index (κ2) is 6.26. The number of carbonyl (C=O) groups is 1. The van der Waals surface area contributed by atoms with Gasteiger partial charge in [-0.25, -0.2) is 4.98 Å². The van der Waals surface area contributed by atoms with Crippen molar-refractivity contribution in [1.29, 1.82) is 0 Å². The minimum absolute atomic E-state index is 0.292. The lowest BCUT2D eigenvalue weighted by Gasteiger charge is -2.34. The Labute approximate surface area is 125 Å². The second-order valence-corrected chi connectivity index (χ2v) is 5.61. The summed E-state index contributed by atoms with van der Waals surface area (Å²) in [7, 11) is 0. The quantitative estimate of drug-likeness (QED) is 0.935. The Morgan fingerprint density at radius 3 is 2.71 bits per heavy atom. The number of nitrogens with zero attached hydrogens (tertiary/aromatic N) is 3. The first-order valence-corrected chi connectivity index (χ1v) is 7.70.